The van der Waals surface area contributed by atoms with Crippen molar-refractivity contribution >= 4 is 34.1 Å². The molecule has 2 aromatic carbocycles. The number of nitrogens with one attached hydrogen (secondary N) is 2. The smallest absolute Gasteiger partial charge is 0.443 e. The van der Waals surface area contributed by atoms with E-state index in [1.807, 2.05) is 58.0 Å². The Bertz CT molecular complexity index is 1890. The van der Waals surface area contributed by atoms with Crippen LogP contribution < -0.4 is 10.6 Å². The summed E-state index contributed by atoms with van der Waals surface area (Å²) in [5, 5.41) is 5.55. The molecule has 19 heteroatoms. The predicted molar refractivity (Wildman–Crippen MR) is 215 cm³/mol. The molecule has 11 unspecified atom stereocenters. The van der Waals surface area contributed by atoms with Crippen molar-refractivity contribution in [2.45, 2.75) is 101 Å². The van der Waals surface area contributed by atoms with Crippen LogP contribution in [0, 0.1) is 23.7 Å². The minimum atomic E-state index is -4.29. The van der Waals surface area contributed by atoms with Gasteiger partial charge in [-0.3, -0.25) is 5.32 Å². The van der Waals surface area contributed by atoms with Gasteiger partial charge >= 0.3 is 18.3 Å². The lowest BCUT2D eigenvalue weighted by atomic mass is 10.0. The first kappa shape index (κ1) is 45.0. The summed E-state index contributed by atoms with van der Waals surface area (Å²) in [6.07, 6.45) is -5.51. The molecule has 0 radical (unpaired) electrons. The van der Waals surface area contributed by atoms with Crippen LogP contribution in [0.5, 0.6) is 0 Å². The molecule has 5 aliphatic heterocycles. The molecule has 2 N–H and O–H groups in total. The number of rotatable bonds is 17. The maximum absolute atomic E-state index is 14.6. The van der Waals surface area contributed by atoms with Crippen molar-refractivity contribution in [3.8, 4) is 0 Å². The van der Waals surface area contributed by atoms with E-state index in [9.17, 15) is 22.8 Å². The lowest BCUT2D eigenvalue weighted by molar-refractivity contribution is -0.124. The summed E-state index contributed by atoms with van der Waals surface area (Å²) in [6.45, 7) is 8.90. The molecule has 18 nitrogen and oxygen atoms in total. The van der Waals surface area contributed by atoms with Crippen molar-refractivity contribution in [1.82, 2.24) is 9.62 Å². The van der Waals surface area contributed by atoms with E-state index in [2.05, 4.69) is 10.6 Å². The summed E-state index contributed by atoms with van der Waals surface area (Å²) in [5.41, 5.74) is 1.09. The van der Waals surface area contributed by atoms with E-state index < -0.39 is 71.4 Å². The molecule has 2 aromatic rings. The maximum atomic E-state index is 14.6. The Morgan fingerprint density at radius 3 is 2.03 bits per heavy atom. The summed E-state index contributed by atoms with van der Waals surface area (Å²) in [5.74, 6) is -0.673. The van der Waals surface area contributed by atoms with E-state index in [1.54, 1.807) is 0 Å². The standard InChI is InChI=1S/C42H57N3O15S/c1-5-51-37-26(4)34(22-54-37)60-42(48)59-33(32(19-27-9-7-6-8-10-27)44-41(47)58-36-24-56-39-31(36)16-18-53-39)21-45(20-25(2)3)61(49,50)29-13-11-28(12-14-29)43-40(46)57-35-23-55-38-30(35)15-17-52-38/h6-14,25-26,30-39H,5,15-24H2,1-4H3,(H,43,46)(H,44,47). The van der Waals surface area contributed by atoms with Crippen molar-refractivity contribution in [2.24, 2.45) is 23.7 Å². The molecule has 5 heterocycles. The Morgan fingerprint density at radius 2 is 1.41 bits per heavy atom. The summed E-state index contributed by atoms with van der Waals surface area (Å²) < 4.78 is 87.3. The van der Waals surface area contributed by atoms with Gasteiger partial charge in [0.2, 0.25) is 10.0 Å². The highest BCUT2D eigenvalue weighted by molar-refractivity contribution is 7.89. The molecule has 2 amide bonds. The molecule has 0 aromatic heterocycles. The number of sulfonamides is 1. The van der Waals surface area contributed by atoms with Crippen LogP contribution in [0.25, 0.3) is 0 Å². The van der Waals surface area contributed by atoms with E-state index in [0.717, 1.165) is 12.0 Å². The molecule has 336 valence electrons. The van der Waals surface area contributed by atoms with Crippen molar-refractivity contribution in [3.05, 3.63) is 60.2 Å². The lowest BCUT2D eigenvalue weighted by Crippen LogP contribution is -2.53. The topological polar surface area (TPSA) is 205 Å². The monoisotopic (exact) mass is 875 g/mol. The van der Waals surface area contributed by atoms with Gasteiger partial charge in [-0.25, -0.2) is 22.8 Å². The van der Waals surface area contributed by atoms with Gasteiger partial charge in [-0.1, -0.05) is 51.1 Å². The molecular formula is C42H57N3O15S. The van der Waals surface area contributed by atoms with E-state index in [4.69, 9.17) is 47.4 Å². The Kier molecular flexibility index (Phi) is 15.0. The third-order valence-electron chi connectivity index (χ3n) is 11.5. The maximum Gasteiger partial charge on any atom is 0.509 e. The predicted octanol–water partition coefficient (Wildman–Crippen LogP) is 4.66. The number of anilines is 1. The molecule has 0 bridgehead atoms. The number of carbonyl (C=O) groups is 3. The van der Waals surface area contributed by atoms with E-state index in [0.29, 0.717) is 31.9 Å². The van der Waals surface area contributed by atoms with Crippen molar-refractivity contribution in [2.75, 3.05) is 58.0 Å². The van der Waals surface area contributed by atoms with Gasteiger partial charge in [0.15, 0.2) is 18.9 Å². The molecule has 5 aliphatic rings. The first-order valence-electron chi connectivity index (χ1n) is 21.0. The van der Waals surface area contributed by atoms with Crippen LogP contribution in [-0.2, 0) is 63.8 Å². The van der Waals surface area contributed by atoms with Gasteiger partial charge in [0.05, 0.1) is 62.4 Å². The molecule has 0 spiro atoms. The van der Waals surface area contributed by atoms with E-state index >= 15 is 0 Å². The summed E-state index contributed by atoms with van der Waals surface area (Å²) in [7, 11) is -4.29. The average Bonchev–Trinajstić information content (AvgIpc) is 4.07. The summed E-state index contributed by atoms with van der Waals surface area (Å²) in [4.78, 5) is 40.2. The van der Waals surface area contributed by atoms with Crippen molar-refractivity contribution in [1.29, 1.82) is 0 Å². The van der Waals surface area contributed by atoms with Crippen LogP contribution in [-0.4, -0.2) is 133 Å². The van der Waals surface area contributed by atoms with Crippen LogP contribution in [0.4, 0.5) is 20.1 Å². The second-order valence-electron chi connectivity index (χ2n) is 16.3. The van der Waals surface area contributed by atoms with Crippen molar-refractivity contribution in [3.63, 3.8) is 0 Å². The molecular weight excluding hydrogens is 819 g/mol. The zero-order chi connectivity index (χ0) is 43.1. The van der Waals surface area contributed by atoms with Crippen LogP contribution in [0.15, 0.2) is 59.5 Å². The van der Waals surface area contributed by atoms with Crippen LogP contribution in [0.3, 0.4) is 0 Å². The Balaban J connectivity index is 1.11. The SMILES string of the molecule is CCOC1OCC(OC(=O)OC(CN(CC(C)C)S(=O)(=O)c2ccc(NC(=O)OC3COC4OCCC34)cc2)C(Cc2ccccc2)NC(=O)OC2COC3OCCC23)C1C. The Morgan fingerprint density at radius 1 is 0.787 bits per heavy atom. The number of nitrogens with zero attached hydrogens (tertiary/aromatic N) is 1. The van der Waals surface area contributed by atoms with E-state index in [1.165, 1.54) is 28.6 Å². The second kappa shape index (κ2) is 20.4. The average molecular weight is 876 g/mol. The van der Waals surface area contributed by atoms with Gasteiger partial charge in [-0.15, -0.1) is 0 Å². The molecule has 7 rings (SSSR count). The highest BCUT2D eigenvalue weighted by Gasteiger charge is 2.46. The molecule has 5 fully saturated rings. The van der Waals surface area contributed by atoms with Crippen LogP contribution >= 0.6 is 0 Å². The van der Waals surface area contributed by atoms with Crippen LogP contribution in [0.2, 0.25) is 0 Å². The molecule has 5 saturated heterocycles. The fraction of sp³-hybridized carbons (Fsp3) is 0.643. The fourth-order valence-electron chi connectivity index (χ4n) is 8.28. The highest BCUT2D eigenvalue weighted by atomic mass is 32.2. The summed E-state index contributed by atoms with van der Waals surface area (Å²) in [6, 6.07) is 13.9. The third-order valence-corrected chi connectivity index (χ3v) is 13.3. The number of alkyl carbamates (subject to hydrolysis) is 1. The number of fused-ring (bicyclic) bond motifs is 2. The van der Waals surface area contributed by atoms with Gasteiger partial charge in [0.25, 0.3) is 0 Å². The number of carbonyl (C=O) groups excluding carboxylic acids is 3. The number of amides is 2. The largest absolute Gasteiger partial charge is 0.509 e. The van der Waals surface area contributed by atoms with E-state index in [-0.39, 0.29) is 74.2 Å². The Hall–Kier alpha value is -4.08. The van der Waals surface area contributed by atoms with Gasteiger partial charge in [0.1, 0.15) is 24.4 Å². The zero-order valence-electron chi connectivity index (χ0n) is 34.9. The van der Waals surface area contributed by atoms with Gasteiger partial charge in [0, 0.05) is 24.8 Å². The highest BCUT2D eigenvalue weighted by Crippen LogP contribution is 2.34. The second-order valence-corrected chi connectivity index (χ2v) is 18.3. The third kappa shape index (κ3) is 11.3. The number of hydrogen-bond donors (Lipinski definition) is 2. The fourth-order valence-corrected chi connectivity index (χ4v) is 9.90. The molecule has 0 saturated carbocycles. The minimum Gasteiger partial charge on any atom is -0.443 e. The number of benzene rings is 2. The van der Waals surface area contributed by atoms with Crippen molar-refractivity contribution < 1.29 is 70.2 Å². The number of ether oxygens (including phenoxy) is 10. The minimum absolute atomic E-state index is 0.0213. The molecule has 61 heavy (non-hydrogen) atoms. The molecule has 11 atom stereocenters. The lowest BCUT2D eigenvalue weighted by Gasteiger charge is -2.33. The number of hydrogen-bond acceptors (Lipinski definition) is 15. The Labute approximate surface area is 356 Å². The van der Waals surface area contributed by atoms with Gasteiger partial charge < -0.3 is 52.7 Å². The first-order valence-corrected chi connectivity index (χ1v) is 22.5. The molecule has 0 aliphatic carbocycles. The van der Waals surface area contributed by atoms with Gasteiger partial charge in [-0.2, -0.15) is 4.31 Å². The van der Waals surface area contributed by atoms with Gasteiger partial charge in [-0.05, 0) is 61.9 Å². The quantitative estimate of drug-likeness (QED) is 0.164. The summed E-state index contributed by atoms with van der Waals surface area (Å²) >= 11 is 0. The zero-order valence-corrected chi connectivity index (χ0v) is 35.7. The normalized spacial score (nSPS) is 29.2. The van der Waals surface area contributed by atoms with Crippen LogP contribution in [0.1, 0.15) is 46.1 Å². The first-order chi connectivity index (χ1) is 29.4.